The molecule has 1 N–H and O–H groups in total. The molecule has 1 aromatic heterocycles. The van der Waals surface area contributed by atoms with Gasteiger partial charge < -0.3 is 14.6 Å². The summed E-state index contributed by atoms with van der Waals surface area (Å²) >= 11 is 0. The number of nitrogens with zero attached hydrogens (tertiary/aromatic N) is 1. The highest BCUT2D eigenvalue weighted by atomic mass is 19.1. The lowest BCUT2D eigenvalue weighted by molar-refractivity contribution is 0.0696. The van der Waals surface area contributed by atoms with Crippen LogP contribution in [-0.2, 0) is 0 Å². The summed E-state index contributed by atoms with van der Waals surface area (Å²) in [5, 5.41) is 8.82. The number of methoxy groups -OCH3 is 2. The number of carboxylic acid groups (broad SMARTS) is 1. The van der Waals surface area contributed by atoms with Gasteiger partial charge in [0.15, 0.2) is 0 Å². The number of carbonyl (C=O) groups is 1. The highest BCUT2D eigenvalue weighted by Gasteiger charge is 2.15. The second-order valence-corrected chi connectivity index (χ2v) is 3.91. The quantitative estimate of drug-likeness (QED) is 0.930. The van der Waals surface area contributed by atoms with Crippen molar-refractivity contribution in [1.29, 1.82) is 0 Å². The highest BCUT2D eigenvalue weighted by Crippen LogP contribution is 2.32. The second kappa shape index (κ2) is 5.56. The summed E-state index contributed by atoms with van der Waals surface area (Å²) in [4.78, 5) is 14.8. The first kappa shape index (κ1) is 13.8. The maximum absolute atomic E-state index is 14.0. The van der Waals surface area contributed by atoms with Crippen LogP contribution in [0.5, 0.6) is 11.8 Å². The number of aromatic carboxylic acids is 1. The molecule has 0 bridgehead atoms. The zero-order chi connectivity index (χ0) is 14.7. The maximum atomic E-state index is 14.0. The van der Waals surface area contributed by atoms with Crippen molar-refractivity contribution in [3.63, 3.8) is 0 Å². The third kappa shape index (κ3) is 2.54. The molecule has 6 heteroatoms. The molecule has 0 aliphatic heterocycles. The van der Waals surface area contributed by atoms with E-state index in [1.807, 2.05) is 0 Å². The predicted molar refractivity (Wildman–Crippen MR) is 69.7 cm³/mol. The third-order valence-corrected chi connectivity index (χ3v) is 2.74. The van der Waals surface area contributed by atoms with Gasteiger partial charge in [-0.15, -0.1) is 0 Å². The van der Waals surface area contributed by atoms with Crippen LogP contribution in [0.4, 0.5) is 4.39 Å². The number of ether oxygens (including phenoxy) is 2. The fourth-order valence-corrected chi connectivity index (χ4v) is 1.76. The van der Waals surface area contributed by atoms with Crippen LogP contribution in [0.25, 0.3) is 11.1 Å². The maximum Gasteiger partial charge on any atom is 0.335 e. The summed E-state index contributed by atoms with van der Waals surface area (Å²) in [6.07, 6.45) is 0. The summed E-state index contributed by atoms with van der Waals surface area (Å²) in [7, 11) is 2.87. The molecular formula is C14H12FNO4. The minimum absolute atomic E-state index is 0.119. The van der Waals surface area contributed by atoms with Gasteiger partial charge in [0.2, 0.25) is 11.8 Å². The monoisotopic (exact) mass is 277 g/mol. The van der Waals surface area contributed by atoms with Crippen LogP contribution in [0.2, 0.25) is 0 Å². The van der Waals surface area contributed by atoms with Gasteiger partial charge in [-0.05, 0) is 18.2 Å². The SMILES string of the molecule is COc1ccc(-c2ccc(C(=O)O)cc2F)c(OC)n1. The Kier molecular flexibility index (Phi) is 3.84. The smallest absolute Gasteiger partial charge is 0.335 e. The fraction of sp³-hybridized carbons (Fsp3) is 0.143. The van der Waals surface area contributed by atoms with Crippen LogP contribution in [0, 0.1) is 5.82 Å². The minimum atomic E-state index is -1.18. The van der Waals surface area contributed by atoms with E-state index in [0.29, 0.717) is 11.4 Å². The van der Waals surface area contributed by atoms with Crippen LogP contribution < -0.4 is 9.47 Å². The largest absolute Gasteiger partial charge is 0.481 e. The van der Waals surface area contributed by atoms with Gasteiger partial charge >= 0.3 is 5.97 Å². The van der Waals surface area contributed by atoms with Crippen molar-refractivity contribution in [3.8, 4) is 22.9 Å². The van der Waals surface area contributed by atoms with E-state index in [1.54, 1.807) is 12.1 Å². The van der Waals surface area contributed by atoms with Gasteiger partial charge in [0.05, 0.1) is 19.8 Å². The van der Waals surface area contributed by atoms with Crippen molar-refractivity contribution in [2.75, 3.05) is 14.2 Å². The first-order valence-corrected chi connectivity index (χ1v) is 5.69. The lowest BCUT2D eigenvalue weighted by atomic mass is 10.0. The molecule has 2 rings (SSSR count). The molecule has 20 heavy (non-hydrogen) atoms. The summed E-state index contributed by atoms with van der Waals surface area (Å²) in [5.41, 5.74) is 0.511. The van der Waals surface area contributed by atoms with Crippen LogP contribution >= 0.6 is 0 Å². The van der Waals surface area contributed by atoms with Crippen LogP contribution in [0.3, 0.4) is 0 Å². The first-order valence-electron chi connectivity index (χ1n) is 5.69. The summed E-state index contributed by atoms with van der Waals surface area (Å²) in [6.45, 7) is 0. The third-order valence-electron chi connectivity index (χ3n) is 2.74. The van der Waals surface area contributed by atoms with E-state index < -0.39 is 11.8 Å². The molecule has 0 spiro atoms. The van der Waals surface area contributed by atoms with E-state index in [0.717, 1.165) is 6.07 Å². The Hall–Kier alpha value is -2.63. The number of rotatable bonds is 4. The van der Waals surface area contributed by atoms with E-state index in [2.05, 4.69) is 4.98 Å². The molecule has 0 aliphatic rings. The fourth-order valence-electron chi connectivity index (χ4n) is 1.76. The van der Waals surface area contributed by atoms with Crippen LogP contribution in [-0.4, -0.2) is 30.3 Å². The summed E-state index contributed by atoms with van der Waals surface area (Å²) in [5.74, 6) is -1.30. The molecule has 0 radical (unpaired) electrons. The number of aromatic nitrogens is 1. The molecule has 5 nitrogen and oxygen atoms in total. The Morgan fingerprint density at radius 3 is 2.40 bits per heavy atom. The normalized spacial score (nSPS) is 10.2. The molecule has 1 aromatic carbocycles. The average molecular weight is 277 g/mol. The van der Waals surface area contributed by atoms with E-state index in [9.17, 15) is 9.18 Å². The Labute approximate surface area is 114 Å². The van der Waals surface area contributed by atoms with E-state index in [-0.39, 0.29) is 17.0 Å². The van der Waals surface area contributed by atoms with Crippen molar-refractivity contribution in [3.05, 3.63) is 41.7 Å². The van der Waals surface area contributed by atoms with Crippen molar-refractivity contribution in [2.45, 2.75) is 0 Å². The van der Waals surface area contributed by atoms with Crippen molar-refractivity contribution >= 4 is 5.97 Å². The van der Waals surface area contributed by atoms with Crippen LogP contribution in [0.1, 0.15) is 10.4 Å². The topological polar surface area (TPSA) is 68.7 Å². The zero-order valence-electron chi connectivity index (χ0n) is 10.9. The summed E-state index contributed by atoms with van der Waals surface area (Å²) in [6, 6.07) is 6.84. The molecule has 2 aromatic rings. The van der Waals surface area contributed by atoms with Gasteiger partial charge in [-0.3, -0.25) is 0 Å². The van der Waals surface area contributed by atoms with Gasteiger partial charge in [0, 0.05) is 17.2 Å². The van der Waals surface area contributed by atoms with Gasteiger partial charge in [-0.1, -0.05) is 6.07 Å². The standard InChI is InChI=1S/C14H12FNO4/c1-19-12-6-5-10(13(16-12)20-2)9-4-3-8(14(17)18)7-11(9)15/h3-7H,1-2H3,(H,17,18). The van der Waals surface area contributed by atoms with Crippen LogP contribution in [0.15, 0.2) is 30.3 Å². The van der Waals surface area contributed by atoms with Gasteiger partial charge in [-0.2, -0.15) is 4.98 Å². The Morgan fingerprint density at radius 1 is 1.15 bits per heavy atom. The van der Waals surface area contributed by atoms with Crippen molar-refractivity contribution in [1.82, 2.24) is 4.98 Å². The molecule has 0 atom stereocenters. The average Bonchev–Trinajstić information content (AvgIpc) is 2.46. The summed E-state index contributed by atoms with van der Waals surface area (Å²) < 4.78 is 24.1. The molecular weight excluding hydrogens is 265 g/mol. The second-order valence-electron chi connectivity index (χ2n) is 3.91. The number of benzene rings is 1. The first-order chi connectivity index (χ1) is 9.56. The number of pyridine rings is 1. The minimum Gasteiger partial charge on any atom is -0.481 e. The van der Waals surface area contributed by atoms with E-state index in [4.69, 9.17) is 14.6 Å². The molecule has 0 saturated carbocycles. The number of carboxylic acids is 1. The Morgan fingerprint density at radius 2 is 1.85 bits per heavy atom. The molecule has 0 aliphatic carbocycles. The zero-order valence-corrected chi connectivity index (χ0v) is 10.9. The molecule has 104 valence electrons. The number of hydrogen-bond acceptors (Lipinski definition) is 4. The molecule has 0 fully saturated rings. The van der Waals surface area contributed by atoms with Crippen molar-refractivity contribution in [2.24, 2.45) is 0 Å². The van der Waals surface area contributed by atoms with Crippen molar-refractivity contribution < 1.29 is 23.8 Å². The van der Waals surface area contributed by atoms with Gasteiger partial charge in [0.25, 0.3) is 0 Å². The Bertz CT molecular complexity index is 658. The lowest BCUT2D eigenvalue weighted by Crippen LogP contribution is -1.99. The van der Waals surface area contributed by atoms with Gasteiger partial charge in [0.1, 0.15) is 5.82 Å². The van der Waals surface area contributed by atoms with E-state index >= 15 is 0 Å². The molecule has 1 heterocycles. The lowest BCUT2D eigenvalue weighted by Gasteiger charge is -2.10. The Balaban J connectivity index is 2.53. The molecule has 0 amide bonds. The number of hydrogen-bond donors (Lipinski definition) is 1. The highest BCUT2D eigenvalue weighted by molar-refractivity contribution is 5.88. The van der Waals surface area contributed by atoms with Gasteiger partial charge in [-0.25, -0.2) is 9.18 Å². The molecule has 0 unspecified atom stereocenters. The number of halogens is 1. The van der Waals surface area contributed by atoms with E-state index in [1.165, 1.54) is 26.4 Å². The predicted octanol–water partition coefficient (Wildman–Crippen LogP) is 2.60. The molecule has 0 saturated heterocycles.